The van der Waals surface area contributed by atoms with Crippen LogP contribution in [0.3, 0.4) is 0 Å². The zero-order chi connectivity index (χ0) is 20.2. The van der Waals surface area contributed by atoms with Crippen molar-refractivity contribution < 1.29 is 5.11 Å². The van der Waals surface area contributed by atoms with Crippen LogP contribution in [-0.4, -0.2) is 30.9 Å². The summed E-state index contributed by atoms with van der Waals surface area (Å²) in [5.74, 6) is 0. The van der Waals surface area contributed by atoms with Crippen LogP contribution in [0.25, 0.3) is 27.8 Å². The van der Waals surface area contributed by atoms with E-state index >= 15 is 0 Å². The van der Waals surface area contributed by atoms with Crippen molar-refractivity contribution in [3.8, 4) is 16.9 Å². The van der Waals surface area contributed by atoms with Crippen LogP contribution in [0.15, 0.2) is 60.8 Å². The van der Waals surface area contributed by atoms with Crippen molar-refractivity contribution in [3.63, 3.8) is 0 Å². The van der Waals surface area contributed by atoms with Gasteiger partial charge in [0, 0.05) is 21.8 Å². The molecule has 1 N–H and O–H groups in total. The Hall–Kier alpha value is -2.37. The lowest BCUT2D eigenvalue weighted by Crippen LogP contribution is -2.28. The van der Waals surface area contributed by atoms with Gasteiger partial charge in [-0.15, -0.1) is 0 Å². The Morgan fingerprint density at radius 3 is 2.59 bits per heavy atom. The third-order valence-electron chi connectivity index (χ3n) is 5.95. The standard InChI is InChI=1S/C24H24BrN3O/c1-24(2)12-21-19(14-26-28(21)16-8-4-3-5-9-16)23-22(24)18-10-6-7-11-20(18)27(23)15-17(29)13-25/h3-11,14,17,29H,12-13,15H2,1-2H3/t17-/m1/s1. The summed E-state index contributed by atoms with van der Waals surface area (Å²) in [6, 6.07) is 18.9. The molecule has 5 rings (SSSR count). The zero-order valence-corrected chi connectivity index (χ0v) is 18.2. The Bertz CT molecular complexity index is 1190. The normalized spacial score (nSPS) is 15.9. The number of aliphatic hydroxyl groups excluding tert-OH is 1. The van der Waals surface area contributed by atoms with Crippen LogP contribution in [0.2, 0.25) is 0 Å². The van der Waals surface area contributed by atoms with Gasteiger partial charge in [0.15, 0.2) is 0 Å². The third kappa shape index (κ3) is 2.87. The molecule has 0 unspecified atom stereocenters. The van der Waals surface area contributed by atoms with E-state index in [2.05, 4.69) is 75.4 Å². The monoisotopic (exact) mass is 449 g/mol. The molecule has 0 fully saturated rings. The van der Waals surface area contributed by atoms with Crippen LogP contribution in [0.4, 0.5) is 0 Å². The first-order chi connectivity index (χ1) is 14.0. The van der Waals surface area contributed by atoms with Gasteiger partial charge in [0.25, 0.3) is 0 Å². The van der Waals surface area contributed by atoms with Gasteiger partial charge in [-0.25, -0.2) is 4.68 Å². The van der Waals surface area contributed by atoms with Crippen LogP contribution >= 0.6 is 15.9 Å². The maximum atomic E-state index is 10.5. The highest BCUT2D eigenvalue weighted by molar-refractivity contribution is 9.09. The fourth-order valence-electron chi connectivity index (χ4n) is 4.76. The molecule has 0 amide bonds. The molecule has 2 aromatic heterocycles. The Morgan fingerprint density at radius 2 is 1.83 bits per heavy atom. The Labute approximate surface area is 178 Å². The van der Waals surface area contributed by atoms with Crippen molar-refractivity contribution in [3.05, 3.63) is 72.1 Å². The number of halogens is 1. The lowest BCUT2D eigenvalue weighted by atomic mass is 9.73. The van der Waals surface area contributed by atoms with E-state index in [-0.39, 0.29) is 5.41 Å². The molecule has 29 heavy (non-hydrogen) atoms. The van der Waals surface area contributed by atoms with Crippen molar-refractivity contribution in [2.75, 3.05) is 5.33 Å². The summed E-state index contributed by atoms with van der Waals surface area (Å²) >= 11 is 3.43. The van der Waals surface area contributed by atoms with Crippen molar-refractivity contribution >= 4 is 26.8 Å². The number of benzene rings is 2. The zero-order valence-electron chi connectivity index (χ0n) is 16.6. The summed E-state index contributed by atoms with van der Waals surface area (Å²) in [6.45, 7) is 5.18. The van der Waals surface area contributed by atoms with Crippen molar-refractivity contribution in [2.24, 2.45) is 0 Å². The lowest BCUT2D eigenvalue weighted by Gasteiger charge is -2.32. The number of hydrogen-bond donors (Lipinski definition) is 1. The summed E-state index contributed by atoms with van der Waals surface area (Å²) in [5, 5.41) is 17.1. The maximum absolute atomic E-state index is 10.5. The second-order valence-electron chi connectivity index (χ2n) is 8.47. The molecule has 4 nitrogen and oxygen atoms in total. The number of aromatic nitrogens is 3. The topological polar surface area (TPSA) is 43.0 Å². The number of nitrogens with zero attached hydrogens (tertiary/aromatic N) is 3. The van der Waals surface area contributed by atoms with E-state index in [1.165, 1.54) is 33.4 Å². The molecular formula is C24H24BrN3O. The average Bonchev–Trinajstić information content (AvgIpc) is 3.28. The molecule has 2 heterocycles. The van der Waals surface area contributed by atoms with E-state index in [4.69, 9.17) is 5.10 Å². The summed E-state index contributed by atoms with van der Waals surface area (Å²) in [5.41, 5.74) is 7.16. The lowest BCUT2D eigenvalue weighted by molar-refractivity contribution is 0.181. The van der Waals surface area contributed by atoms with Crippen LogP contribution in [0.1, 0.15) is 25.1 Å². The van der Waals surface area contributed by atoms with Gasteiger partial charge in [-0.2, -0.15) is 5.10 Å². The number of para-hydroxylation sites is 2. The minimum Gasteiger partial charge on any atom is -0.390 e. The van der Waals surface area contributed by atoms with Crippen LogP contribution in [0, 0.1) is 0 Å². The van der Waals surface area contributed by atoms with Gasteiger partial charge in [-0.1, -0.05) is 66.2 Å². The van der Waals surface area contributed by atoms with E-state index in [0.717, 1.165) is 12.1 Å². The summed E-state index contributed by atoms with van der Waals surface area (Å²) in [6.07, 6.45) is 2.46. The van der Waals surface area contributed by atoms with E-state index in [1.54, 1.807) is 0 Å². The third-order valence-corrected chi connectivity index (χ3v) is 6.70. The van der Waals surface area contributed by atoms with Crippen molar-refractivity contribution in [1.82, 2.24) is 14.3 Å². The van der Waals surface area contributed by atoms with Crippen LogP contribution in [-0.2, 0) is 18.4 Å². The number of fused-ring (bicyclic) bond motifs is 5. The van der Waals surface area contributed by atoms with E-state index < -0.39 is 6.10 Å². The molecular weight excluding hydrogens is 426 g/mol. The van der Waals surface area contributed by atoms with Gasteiger partial charge in [0.2, 0.25) is 0 Å². The molecule has 0 spiro atoms. The first-order valence-electron chi connectivity index (χ1n) is 9.99. The van der Waals surface area contributed by atoms with Crippen LogP contribution < -0.4 is 0 Å². The van der Waals surface area contributed by atoms with Crippen molar-refractivity contribution in [2.45, 2.75) is 38.3 Å². The first-order valence-corrected chi connectivity index (χ1v) is 11.1. The Kier molecular flexibility index (Phi) is 4.41. The predicted octanol–water partition coefficient (Wildman–Crippen LogP) is 5.08. The molecule has 0 radical (unpaired) electrons. The van der Waals surface area contributed by atoms with E-state index in [9.17, 15) is 5.11 Å². The molecule has 148 valence electrons. The molecule has 0 saturated carbocycles. The quantitative estimate of drug-likeness (QED) is 0.441. The molecule has 0 saturated heterocycles. The largest absolute Gasteiger partial charge is 0.390 e. The number of alkyl halides is 1. The Balaban J connectivity index is 1.82. The molecule has 1 aliphatic carbocycles. The van der Waals surface area contributed by atoms with E-state index in [0.29, 0.717) is 11.9 Å². The molecule has 0 aliphatic heterocycles. The summed E-state index contributed by atoms with van der Waals surface area (Å²) in [7, 11) is 0. The SMILES string of the molecule is CC1(C)Cc2c(cnn2-c2ccccc2)-c2c1c1ccccc1n2C[C@H](O)CBr. The van der Waals surface area contributed by atoms with Gasteiger partial charge in [0.1, 0.15) is 0 Å². The highest BCUT2D eigenvalue weighted by atomic mass is 79.9. The van der Waals surface area contributed by atoms with Gasteiger partial charge < -0.3 is 9.67 Å². The van der Waals surface area contributed by atoms with Gasteiger partial charge in [0.05, 0.1) is 35.9 Å². The molecule has 0 bridgehead atoms. The highest BCUT2D eigenvalue weighted by Gasteiger charge is 2.38. The van der Waals surface area contributed by atoms with Gasteiger partial charge >= 0.3 is 0 Å². The summed E-state index contributed by atoms with van der Waals surface area (Å²) < 4.78 is 4.36. The minimum atomic E-state index is -0.451. The fourth-order valence-corrected chi connectivity index (χ4v) is 4.96. The minimum absolute atomic E-state index is 0.0426. The summed E-state index contributed by atoms with van der Waals surface area (Å²) in [4.78, 5) is 0. The smallest absolute Gasteiger partial charge is 0.0815 e. The second kappa shape index (κ2) is 6.85. The predicted molar refractivity (Wildman–Crippen MR) is 121 cm³/mol. The fraction of sp³-hybridized carbons (Fsp3) is 0.292. The molecule has 1 atom stereocenters. The van der Waals surface area contributed by atoms with Gasteiger partial charge in [-0.05, 0) is 35.6 Å². The molecule has 1 aliphatic rings. The first kappa shape index (κ1) is 18.6. The van der Waals surface area contributed by atoms with Gasteiger partial charge in [-0.3, -0.25) is 0 Å². The highest BCUT2D eigenvalue weighted by Crippen LogP contribution is 2.48. The number of aliphatic hydroxyl groups is 1. The molecule has 2 aromatic carbocycles. The average molecular weight is 450 g/mol. The molecule has 5 heteroatoms. The Morgan fingerprint density at radius 1 is 1.10 bits per heavy atom. The maximum Gasteiger partial charge on any atom is 0.0815 e. The van der Waals surface area contributed by atoms with E-state index in [1.807, 2.05) is 24.4 Å². The number of hydrogen-bond acceptors (Lipinski definition) is 2. The van der Waals surface area contributed by atoms with Crippen molar-refractivity contribution in [1.29, 1.82) is 0 Å². The second-order valence-corrected chi connectivity index (χ2v) is 9.12. The van der Waals surface area contributed by atoms with Crippen LogP contribution in [0.5, 0.6) is 0 Å². The number of rotatable bonds is 4. The molecule has 4 aromatic rings.